The first-order valence-corrected chi connectivity index (χ1v) is 8.42. The Bertz CT molecular complexity index is 627. The second kappa shape index (κ2) is 6.21. The topological polar surface area (TPSA) is 86.7 Å². The molecule has 1 fully saturated rings. The van der Waals surface area contributed by atoms with E-state index in [1.165, 1.54) is 0 Å². The molecule has 0 bridgehead atoms. The molecule has 0 aliphatic carbocycles. The van der Waals surface area contributed by atoms with Gasteiger partial charge in [-0.1, -0.05) is 23.7 Å². The van der Waals surface area contributed by atoms with Crippen LogP contribution in [0.25, 0.3) is 0 Å². The molecule has 1 aliphatic heterocycles. The molecule has 0 radical (unpaired) electrons. The summed E-state index contributed by atoms with van der Waals surface area (Å²) in [6.45, 7) is 1.92. The third-order valence-electron chi connectivity index (χ3n) is 3.50. The number of carbonyl (C=O) groups is 1. The minimum Gasteiger partial charge on any atom is -0.480 e. The SMILES string of the molecule is Cc1cccc(Cl)c1NS(=O)(=O)N1CCCCC1C(=O)O. The molecule has 0 saturated carbocycles. The summed E-state index contributed by atoms with van der Waals surface area (Å²) in [5.41, 5.74) is 0.962. The second-order valence-electron chi connectivity index (χ2n) is 5.00. The van der Waals surface area contributed by atoms with Gasteiger partial charge in [-0.15, -0.1) is 0 Å². The van der Waals surface area contributed by atoms with Crippen LogP contribution in [0.15, 0.2) is 18.2 Å². The maximum Gasteiger partial charge on any atom is 0.322 e. The van der Waals surface area contributed by atoms with Gasteiger partial charge in [-0.3, -0.25) is 9.52 Å². The molecule has 1 aliphatic rings. The van der Waals surface area contributed by atoms with Crippen molar-refractivity contribution in [2.45, 2.75) is 32.2 Å². The molecule has 8 heteroatoms. The quantitative estimate of drug-likeness (QED) is 0.885. The monoisotopic (exact) mass is 332 g/mol. The summed E-state index contributed by atoms with van der Waals surface area (Å²) in [6, 6.07) is 4.00. The number of piperidine rings is 1. The number of rotatable bonds is 4. The second-order valence-corrected chi connectivity index (χ2v) is 7.03. The summed E-state index contributed by atoms with van der Waals surface area (Å²) in [6.07, 6.45) is 1.66. The smallest absolute Gasteiger partial charge is 0.322 e. The zero-order valence-electron chi connectivity index (χ0n) is 11.5. The molecular weight excluding hydrogens is 316 g/mol. The lowest BCUT2D eigenvalue weighted by Gasteiger charge is -2.32. The molecule has 0 amide bonds. The van der Waals surface area contributed by atoms with Gasteiger partial charge in [0.25, 0.3) is 0 Å². The average Bonchev–Trinajstić information content (AvgIpc) is 2.43. The first-order valence-electron chi connectivity index (χ1n) is 6.60. The van der Waals surface area contributed by atoms with E-state index in [1.807, 2.05) is 0 Å². The molecule has 1 unspecified atom stereocenters. The lowest BCUT2D eigenvalue weighted by atomic mass is 10.1. The molecule has 0 spiro atoms. The van der Waals surface area contributed by atoms with Crippen LogP contribution >= 0.6 is 11.6 Å². The van der Waals surface area contributed by atoms with Crippen LogP contribution in [0, 0.1) is 6.92 Å². The number of benzene rings is 1. The molecule has 2 rings (SSSR count). The zero-order valence-corrected chi connectivity index (χ0v) is 13.1. The minimum atomic E-state index is -3.96. The van der Waals surface area contributed by atoms with Gasteiger partial charge < -0.3 is 5.11 Å². The van der Waals surface area contributed by atoms with E-state index in [2.05, 4.69) is 4.72 Å². The Morgan fingerprint density at radius 2 is 2.14 bits per heavy atom. The third kappa shape index (κ3) is 3.48. The standard InChI is InChI=1S/C13H17ClN2O4S/c1-9-5-4-6-10(14)12(9)15-21(19,20)16-8-3-2-7-11(16)13(17)18/h4-6,11,15H,2-3,7-8H2,1H3,(H,17,18). The fourth-order valence-electron chi connectivity index (χ4n) is 2.39. The van der Waals surface area contributed by atoms with Crippen LogP contribution in [0.1, 0.15) is 24.8 Å². The number of nitrogens with zero attached hydrogens (tertiary/aromatic N) is 1. The van der Waals surface area contributed by atoms with Crippen molar-refractivity contribution in [1.82, 2.24) is 4.31 Å². The van der Waals surface area contributed by atoms with Crippen molar-refractivity contribution >= 4 is 33.5 Å². The maximum absolute atomic E-state index is 12.5. The third-order valence-corrected chi connectivity index (χ3v) is 5.33. The number of aryl methyl sites for hydroxylation is 1. The number of carboxylic acid groups (broad SMARTS) is 1. The van der Waals surface area contributed by atoms with Gasteiger partial charge in [0.1, 0.15) is 6.04 Å². The number of nitrogens with one attached hydrogen (secondary N) is 1. The predicted molar refractivity (Wildman–Crippen MR) is 80.7 cm³/mol. The van der Waals surface area contributed by atoms with Gasteiger partial charge in [0.15, 0.2) is 0 Å². The summed E-state index contributed by atoms with van der Waals surface area (Å²) in [5, 5.41) is 9.47. The van der Waals surface area contributed by atoms with Crippen molar-refractivity contribution < 1.29 is 18.3 Å². The molecule has 2 N–H and O–H groups in total. The van der Waals surface area contributed by atoms with E-state index in [1.54, 1.807) is 25.1 Å². The van der Waals surface area contributed by atoms with Crippen LogP contribution in [-0.2, 0) is 15.0 Å². The van der Waals surface area contributed by atoms with Crippen molar-refractivity contribution in [2.24, 2.45) is 0 Å². The van der Waals surface area contributed by atoms with Gasteiger partial charge in [0, 0.05) is 6.54 Å². The molecule has 0 aromatic heterocycles. The van der Waals surface area contributed by atoms with E-state index in [4.69, 9.17) is 11.6 Å². The Kier molecular flexibility index (Phi) is 4.75. The summed E-state index contributed by atoms with van der Waals surface area (Å²) in [5.74, 6) is -1.13. The molecule has 1 heterocycles. The highest BCUT2D eigenvalue weighted by atomic mass is 35.5. The van der Waals surface area contributed by atoms with Crippen molar-refractivity contribution in [1.29, 1.82) is 0 Å². The van der Waals surface area contributed by atoms with E-state index in [0.717, 1.165) is 4.31 Å². The number of hydrogen-bond acceptors (Lipinski definition) is 3. The lowest BCUT2D eigenvalue weighted by Crippen LogP contribution is -2.50. The Labute approximate surface area is 128 Å². The van der Waals surface area contributed by atoms with Gasteiger partial charge in [-0.25, -0.2) is 0 Å². The van der Waals surface area contributed by atoms with E-state index in [0.29, 0.717) is 24.8 Å². The highest BCUT2D eigenvalue weighted by Crippen LogP contribution is 2.28. The van der Waals surface area contributed by atoms with E-state index >= 15 is 0 Å². The molecular formula is C13H17ClN2O4S. The number of para-hydroxylation sites is 1. The fraction of sp³-hybridized carbons (Fsp3) is 0.462. The highest BCUT2D eigenvalue weighted by molar-refractivity contribution is 7.90. The Hall–Kier alpha value is -1.31. The number of anilines is 1. The fourth-order valence-corrected chi connectivity index (χ4v) is 4.26. The summed E-state index contributed by atoms with van der Waals surface area (Å²) in [4.78, 5) is 11.2. The molecule has 1 aromatic carbocycles. The van der Waals surface area contributed by atoms with Crippen LogP contribution in [-0.4, -0.2) is 36.4 Å². The van der Waals surface area contributed by atoms with Gasteiger partial charge in [0.2, 0.25) is 0 Å². The molecule has 1 saturated heterocycles. The van der Waals surface area contributed by atoms with Crippen LogP contribution in [0.4, 0.5) is 5.69 Å². The van der Waals surface area contributed by atoms with Gasteiger partial charge in [-0.05, 0) is 37.8 Å². The average molecular weight is 333 g/mol. The zero-order chi connectivity index (χ0) is 15.6. The molecule has 6 nitrogen and oxygen atoms in total. The molecule has 1 aromatic rings. The van der Waals surface area contributed by atoms with E-state index < -0.39 is 22.2 Å². The van der Waals surface area contributed by atoms with Gasteiger partial charge >= 0.3 is 16.2 Å². The number of aliphatic carboxylic acids is 1. The maximum atomic E-state index is 12.5. The van der Waals surface area contributed by atoms with Gasteiger partial charge in [0.05, 0.1) is 10.7 Å². The molecule has 21 heavy (non-hydrogen) atoms. The summed E-state index contributed by atoms with van der Waals surface area (Å²) < 4.78 is 28.3. The van der Waals surface area contributed by atoms with Crippen LogP contribution in [0.3, 0.4) is 0 Å². The number of hydrogen-bond donors (Lipinski definition) is 2. The Balaban J connectivity index is 2.31. The van der Waals surface area contributed by atoms with Crippen molar-refractivity contribution in [2.75, 3.05) is 11.3 Å². The normalized spacial score (nSPS) is 20.2. The van der Waals surface area contributed by atoms with Crippen LogP contribution < -0.4 is 4.72 Å². The predicted octanol–water partition coefficient (Wildman–Crippen LogP) is 2.24. The van der Waals surface area contributed by atoms with Crippen LogP contribution in [0.5, 0.6) is 0 Å². The molecule has 116 valence electrons. The van der Waals surface area contributed by atoms with Crippen molar-refractivity contribution in [3.8, 4) is 0 Å². The number of halogens is 1. The van der Waals surface area contributed by atoms with E-state index in [-0.39, 0.29) is 17.3 Å². The lowest BCUT2D eigenvalue weighted by molar-refractivity contribution is -0.142. The van der Waals surface area contributed by atoms with Crippen molar-refractivity contribution in [3.05, 3.63) is 28.8 Å². The largest absolute Gasteiger partial charge is 0.480 e. The van der Waals surface area contributed by atoms with Crippen molar-refractivity contribution in [3.63, 3.8) is 0 Å². The molecule has 1 atom stereocenters. The first kappa shape index (κ1) is 16.1. The Morgan fingerprint density at radius 1 is 1.43 bits per heavy atom. The highest BCUT2D eigenvalue weighted by Gasteiger charge is 2.37. The van der Waals surface area contributed by atoms with Gasteiger partial charge in [-0.2, -0.15) is 12.7 Å². The van der Waals surface area contributed by atoms with Crippen LogP contribution in [0.2, 0.25) is 5.02 Å². The first-order chi connectivity index (χ1) is 9.83. The Morgan fingerprint density at radius 3 is 2.76 bits per heavy atom. The van der Waals surface area contributed by atoms with E-state index in [9.17, 15) is 18.3 Å². The number of carboxylic acids is 1. The minimum absolute atomic E-state index is 0.190. The summed E-state index contributed by atoms with van der Waals surface area (Å²) in [7, 11) is -3.96. The summed E-state index contributed by atoms with van der Waals surface area (Å²) >= 11 is 6.01.